The number of ether oxygens (including phenoxy) is 2. The monoisotopic (exact) mass is 531 g/mol. The summed E-state index contributed by atoms with van der Waals surface area (Å²) in [7, 11) is 1.85. The van der Waals surface area contributed by atoms with Crippen LogP contribution in [-0.2, 0) is 27.4 Å². The number of aryl methyl sites for hydroxylation is 1. The number of fused-ring (bicyclic) bond motifs is 1. The van der Waals surface area contributed by atoms with E-state index in [-0.39, 0.29) is 18.6 Å². The van der Waals surface area contributed by atoms with Crippen molar-refractivity contribution in [1.29, 1.82) is 5.26 Å². The Kier molecular flexibility index (Phi) is 6.36. The van der Waals surface area contributed by atoms with E-state index in [9.17, 15) is 15.2 Å². The SMILES string of the molecule is Cn1nc(C2(C)COC2)cc1Nc1nccc(-c2cc(C#N)c3c(c2)C(C)(CO)CN3C(=O)OC(C)(C)C)n1. The highest BCUT2D eigenvalue weighted by Gasteiger charge is 2.44. The zero-order valence-electron chi connectivity index (χ0n) is 23.1. The number of nitrogens with one attached hydrogen (secondary N) is 1. The Bertz CT molecular complexity index is 1480. The molecule has 0 saturated carbocycles. The third kappa shape index (κ3) is 4.82. The molecule has 1 atom stereocenters. The molecule has 2 aliphatic rings. The fraction of sp³-hybridized carbons (Fsp3) is 0.464. The zero-order chi connectivity index (χ0) is 28.2. The summed E-state index contributed by atoms with van der Waals surface area (Å²) in [6.07, 6.45) is 1.08. The van der Waals surface area contributed by atoms with Gasteiger partial charge in [0, 0.05) is 36.8 Å². The van der Waals surface area contributed by atoms with Gasteiger partial charge in [-0.15, -0.1) is 0 Å². The standard InChI is InChI=1S/C28H33N7O4/c1-26(2,3)39-25(37)35-13-27(4,14-36)19-10-17(9-18(12-29)23(19)35)20-7-8-30-24(31-20)32-22-11-21(33-34(22)6)28(5)15-38-16-28/h7-11,36H,13-16H2,1-6H3,(H,30,31,32). The van der Waals surface area contributed by atoms with E-state index in [4.69, 9.17) is 14.5 Å². The summed E-state index contributed by atoms with van der Waals surface area (Å²) in [5.41, 5.74) is 2.04. The first-order valence-corrected chi connectivity index (χ1v) is 12.8. The van der Waals surface area contributed by atoms with Crippen LogP contribution < -0.4 is 10.2 Å². The molecular weight excluding hydrogens is 498 g/mol. The molecule has 2 aromatic heterocycles. The molecule has 1 amide bonds. The number of rotatable bonds is 5. The third-order valence-electron chi connectivity index (χ3n) is 7.15. The Balaban J connectivity index is 1.50. The molecule has 2 aliphatic heterocycles. The van der Waals surface area contributed by atoms with Gasteiger partial charge in [0.05, 0.1) is 47.9 Å². The number of hydrogen-bond acceptors (Lipinski definition) is 9. The normalized spacial score (nSPS) is 19.7. The van der Waals surface area contributed by atoms with Gasteiger partial charge in [0.15, 0.2) is 0 Å². The van der Waals surface area contributed by atoms with Gasteiger partial charge >= 0.3 is 6.09 Å². The number of amides is 1. The maximum atomic E-state index is 13.1. The molecule has 0 aliphatic carbocycles. The summed E-state index contributed by atoms with van der Waals surface area (Å²) in [5, 5.41) is 28.3. The second kappa shape index (κ2) is 9.32. The van der Waals surface area contributed by atoms with E-state index in [1.165, 1.54) is 4.90 Å². The highest BCUT2D eigenvalue weighted by Crippen LogP contribution is 2.45. The van der Waals surface area contributed by atoms with Crippen LogP contribution in [0, 0.1) is 11.3 Å². The van der Waals surface area contributed by atoms with E-state index < -0.39 is 17.1 Å². The van der Waals surface area contributed by atoms with Crippen LogP contribution in [0.1, 0.15) is 51.4 Å². The predicted octanol–water partition coefficient (Wildman–Crippen LogP) is 3.79. The average molecular weight is 532 g/mol. The number of aliphatic hydroxyl groups is 1. The quantitative estimate of drug-likeness (QED) is 0.503. The first kappa shape index (κ1) is 26.6. The Morgan fingerprint density at radius 1 is 1.28 bits per heavy atom. The van der Waals surface area contributed by atoms with E-state index in [0.29, 0.717) is 47.2 Å². The van der Waals surface area contributed by atoms with Crippen LogP contribution in [0.5, 0.6) is 0 Å². The van der Waals surface area contributed by atoms with Crippen LogP contribution in [0.15, 0.2) is 30.5 Å². The number of carbonyl (C=O) groups is 1. The molecule has 1 fully saturated rings. The molecule has 2 N–H and O–H groups in total. The summed E-state index contributed by atoms with van der Waals surface area (Å²) in [6, 6.07) is 9.53. The molecule has 204 valence electrons. The predicted molar refractivity (Wildman–Crippen MR) is 145 cm³/mol. The van der Waals surface area contributed by atoms with Crippen molar-refractivity contribution in [1.82, 2.24) is 19.7 Å². The molecule has 5 rings (SSSR count). The van der Waals surface area contributed by atoms with Crippen molar-refractivity contribution in [2.24, 2.45) is 7.05 Å². The molecule has 11 nitrogen and oxygen atoms in total. The Labute approximate surface area is 227 Å². The van der Waals surface area contributed by atoms with Gasteiger partial charge in [0.25, 0.3) is 0 Å². The first-order valence-electron chi connectivity index (χ1n) is 12.8. The number of carbonyl (C=O) groups excluding carboxylic acids is 1. The highest BCUT2D eigenvalue weighted by atomic mass is 16.6. The molecular formula is C28H33N7O4. The molecule has 3 aromatic rings. The van der Waals surface area contributed by atoms with Crippen molar-refractivity contribution in [3.05, 3.63) is 47.3 Å². The van der Waals surface area contributed by atoms with Crippen molar-refractivity contribution in [3.63, 3.8) is 0 Å². The second-order valence-electron chi connectivity index (χ2n) is 11.8. The summed E-state index contributed by atoms with van der Waals surface area (Å²) >= 11 is 0. The second-order valence-corrected chi connectivity index (χ2v) is 11.8. The molecule has 11 heteroatoms. The highest BCUT2D eigenvalue weighted by molar-refractivity contribution is 5.95. The molecule has 1 saturated heterocycles. The van der Waals surface area contributed by atoms with E-state index in [2.05, 4.69) is 28.4 Å². The number of hydrogen-bond donors (Lipinski definition) is 2. The third-order valence-corrected chi connectivity index (χ3v) is 7.15. The molecule has 1 unspecified atom stereocenters. The fourth-order valence-corrected chi connectivity index (χ4v) is 4.87. The van der Waals surface area contributed by atoms with Gasteiger partial charge in [-0.1, -0.05) is 6.92 Å². The summed E-state index contributed by atoms with van der Waals surface area (Å²) in [5.74, 6) is 1.11. The molecule has 1 aromatic carbocycles. The lowest BCUT2D eigenvalue weighted by Crippen LogP contribution is -2.44. The van der Waals surface area contributed by atoms with Gasteiger partial charge in [0.2, 0.25) is 5.95 Å². The average Bonchev–Trinajstić information content (AvgIpc) is 3.39. The largest absolute Gasteiger partial charge is 0.443 e. The van der Waals surface area contributed by atoms with Crippen molar-refractivity contribution < 1.29 is 19.4 Å². The molecule has 0 bridgehead atoms. The number of anilines is 3. The molecule has 0 spiro atoms. The maximum Gasteiger partial charge on any atom is 0.414 e. The minimum atomic E-state index is -0.783. The smallest absolute Gasteiger partial charge is 0.414 e. The topological polar surface area (TPSA) is 138 Å². The van der Waals surface area contributed by atoms with E-state index in [1.807, 2.05) is 26.1 Å². The number of nitrogens with zero attached hydrogens (tertiary/aromatic N) is 6. The number of nitriles is 1. The molecule has 39 heavy (non-hydrogen) atoms. The number of benzene rings is 1. The van der Waals surface area contributed by atoms with E-state index in [1.54, 1.807) is 43.8 Å². The van der Waals surface area contributed by atoms with Gasteiger partial charge in [-0.3, -0.25) is 9.58 Å². The Morgan fingerprint density at radius 2 is 2.03 bits per heavy atom. The molecule has 0 radical (unpaired) electrons. The van der Waals surface area contributed by atoms with Crippen LogP contribution in [-0.4, -0.2) is 62.9 Å². The lowest BCUT2D eigenvalue weighted by molar-refractivity contribution is -0.0522. The van der Waals surface area contributed by atoms with Crippen LogP contribution >= 0.6 is 0 Å². The number of aromatic nitrogens is 4. The fourth-order valence-electron chi connectivity index (χ4n) is 4.87. The lowest BCUT2D eigenvalue weighted by atomic mass is 9.83. The van der Waals surface area contributed by atoms with E-state index in [0.717, 1.165) is 11.5 Å². The minimum Gasteiger partial charge on any atom is -0.443 e. The van der Waals surface area contributed by atoms with E-state index >= 15 is 0 Å². The van der Waals surface area contributed by atoms with Crippen LogP contribution in [0.2, 0.25) is 0 Å². The minimum absolute atomic E-state index is 0.106. The summed E-state index contributed by atoms with van der Waals surface area (Å²) in [4.78, 5) is 23.6. The van der Waals surface area contributed by atoms with Crippen molar-refractivity contribution in [3.8, 4) is 17.3 Å². The van der Waals surface area contributed by atoms with Crippen LogP contribution in [0.3, 0.4) is 0 Å². The summed E-state index contributed by atoms with van der Waals surface area (Å²) < 4.78 is 12.7. The van der Waals surface area contributed by atoms with Crippen molar-refractivity contribution in [2.45, 2.75) is 51.0 Å². The van der Waals surface area contributed by atoms with Crippen molar-refractivity contribution >= 4 is 23.5 Å². The van der Waals surface area contributed by atoms with Gasteiger partial charge < -0.3 is 19.9 Å². The van der Waals surface area contributed by atoms with Gasteiger partial charge in [-0.2, -0.15) is 10.4 Å². The Morgan fingerprint density at radius 3 is 2.64 bits per heavy atom. The Hall–Kier alpha value is -4.01. The van der Waals surface area contributed by atoms with Crippen LogP contribution in [0.4, 0.5) is 22.2 Å². The van der Waals surface area contributed by atoms with Gasteiger partial charge in [-0.05, 0) is 51.5 Å². The van der Waals surface area contributed by atoms with Crippen molar-refractivity contribution in [2.75, 3.05) is 36.6 Å². The maximum absolute atomic E-state index is 13.1. The van der Waals surface area contributed by atoms with Gasteiger partial charge in [0.1, 0.15) is 17.5 Å². The summed E-state index contributed by atoms with van der Waals surface area (Å²) in [6.45, 7) is 10.6. The van der Waals surface area contributed by atoms with Crippen LogP contribution in [0.25, 0.3) is 11.3 Å². The zero-order valence-corrected chi connectivity index (χ0v) is 23.1. The lowest BCUT2D eigenvalue weighted by Gasteiger charge is -2.36. The van der Waals surface area contributed by atoms with Gasteiger partial charge in [-0.25, -0.2) is 14.8 Å². The molecule has 4 heterocycles. The first-order chi connectivity index (χ1) is 18.4. The number of aliphatic hydroxyl groups excluding tert-OH is 1.